The van der Waals surface area contributed by atoms with Crippen molar-refractivity contribution in [3.05, 3.63) is 12.7 Å². The second kappa shape index (κ2) is 9.76. The highest BCUT2D eigenvalue weighted by Crippen LogP contribution is 1.86. The first-order valence-electron chi connectivity index (χ1n) is 5.26. The molecule has 3 amide bonds. The third-order valence-corrected chi connectivity index (χ3v) is 1.86. The van der Waals surface area contributed by atoms with Gasteiger partial charge in [-0.2, -0.15) is 0 Å². The van der Waals surface area contributed by atoms with E-state index in [4.69, 9.17) is 10.2 Å². The van der Waals surface area contributed by atoms with Gasteiger partial charge in [0.2, 0.25) is 5.91 Å². The van der Waals surface area contributed by atoms with E-state index in [-0.39, 0.29) is 39.4 Å². The maximum absolute atomic E-state index is 11.4. The SMILES string of the molecule is C=CCNC(=O)NC(=O)CN(CCO)CCO. The number of imide groups is 1. The fourth-order valence-electron chi connectivity index (χ4n) is 1.13. The second-order valence-electron chi connectivity index (χ2n) is 3.27. The Morgan fingerprint density at radius 2 is 1.82 bits per heavy atom. The van der Waals surface area contributed by atoms with E-state index in [1.165, 1.54) is 11.0 Å². The number of carbonyl (C=O) groups excluding carboxylic acids is 2. The fraction of sp³-hybridized carbons (Fsp3) is 0.600. The van der Waals surface area contributed by atoms with Crippen LogP contribution in [0.5, 0.6) is 0 Å². The first kappa shape index (κ1) is 15.6. The normalized spacial score (nSPS) is 10.1. The molecule has 0 fully saturated rings. The Morgan fingerprint density at radius 1 is 1.24 bits per heavy atom. The zero-order chi connectivity index (χ0) is 13.1. The maximum atomic E-state index is 11.4. The molecule has 0 saturated carbocycles. The summed E-state index contributed by atoms with van der Waals surface area (Å²) in [6.45, 7) is 3.94. The quantitative estimate of drug-likeness (QED) is 0.381. The van der Waals surface area contributed by atoms with Crippen molar-refractivity contribution in [2.75, 3.05) is 39.4 Å². The number of carbonyl (C=O) groups is 2. The van der Waals surface area contributed by atoms with Crippen molar-refractivity contribution in [2.24, 2.45) is 0 Å². The molecule has 0 aromatic heterocycles. The first-order valence-corrected chi connectivity index (χ1v) is 5.26. The number of hydrogen-bond donors (Lipinski definition) is 4. The van der Waals surface area contributed by atoms with Gasteiger partial charge < -0.3 is 15.5 Å². The van der Waals surface area contributed by atoms with Gasteiger partial charge in [0.25, 0.3) is 0 Å². The zero-order valence-corrected chi connectivity index (χ0v) is 9.69. The summed E-state index contributed by atoms with van der Waals surface area (Å²) < 4.78 is 0. The van der Waals surface area contributed by atoms with E-state index in [0.717, 1.165) is 0 Å². The summed E-state index contributed by atoms with van der Waals surface area (Å²) in [5.74, 6) is -0.492. The second-order valence-corrected chi connectivity index (χ2v) is 3.27. The van der Waals surface area contributed by atoms with E-state index < -0.39 is 11.9 Å². The molecule has 0 atom stereocenters. The number of nitrogens with one attached hydrogen (secondary N) is 2. The molecular formula is C10H19N3O4. The Hall–Kier alpha value is -1.44. The summed E-state index contributed by atoms with van der Waals surface area (Å²) in [5, 5.41) is 22.0. The maximum Gasteiger partial charge on any atom is 0.321 e. The molecule has 7 nitrogen and oxygen atoms in total. The smallest absolute Gasteiger partial charge is 0.321 e. The number of rotatable bonds is 8. The third kappa shape index (κ3) is 8.38. The Balaban J connectivity index is 3.95. The topological polar surface area (TPSA) is 102 Å². The number of urea groups is 1. The highest BCUT2D eigenvalue weighted by molar-refractivity contribution is 5.95. The predicted molar refractivity (Wildman–Crippen MR) is 62.4 cm³/mol. The van der Waals surface area contributed by atoms with Gasteiger partial charge in [-0.1, -0.05) is 6.08 Å². The summed E-state index contributed by atoms with van der Waals surface area (Å²) in [5.41, 5.74) is 0. The molecule has 0 heterocycles. The van der Waals surface area contributed by atoms with E-state index in [1.54, 1.807) is 0 Å². The van der Waals surface area contributed by atoms with Crippen molar-refractivity contribution in [1.82, 2.24) is 15.5 Å². The van der Waals surface area contributed by atoms with Crippen LogP contribution in [-0.2, 0) is 4.79 Å². The van der Waals surface area contributed by atoms with Crippen LogP contribution in [-0.4, -0.2) is 66.4 Å². The van der Waals surface area contributed by atoms with E-state index in [9.17, 15) is 9.59 Å². The van der Waals surface area contributed by atoms with Gasteiger partial charge >= 0.3 is 6.03 Å². The minimum absolute atomic E-state index is 0.0529. The largest absolute Gasteiger partial charge is 0.395 e. The Bertz CT molecular complexity index is 252. The number of amides is 3. The summed E-state index contributed by atoms with van der Waals surface area (Å²) in [6.07, 6.45) is 1.49. The number of nitrogens with zero attached hydrogens (tertiary/aromatic N) is 1. The van der Waals surface area contributed by atoms with Crippen molar-refractivity contribution >= 4 is 11.9 Å². The molecule has 0 aromatic carbocycles. The van der Waals surface area contributed by atoms with Gasteiger partial charge in [-0.15, -0.1) is 6.58 Å². The highest BCUT2D eigenvalue weighted by atomic mass is 16.3. The van der Waals surface area contributed by atoms with E-state index in [0.29, 0.717) is 0 Å². The van der Waals surface area contributed by atoms with Crippen LogP contribution >= 0.6 is 0 Å². The van der Waals surface area contributed by atoms with Crippen molar-refractivity contribution in [3.8, 4) is 0 Å². The predicted octanol–water partition coefficient (Wildman–Crippen LogP) is -1.72. The molecule has 0 unspecified atom stereocenters. The average molecular weight is 245 g/mol. The van der Waals surface area contributed by atoms with E-state index in [1.807, 2.05) is 0 Å². The number of hydrogen-bond acceptors (Lipinski definition) is 5. The van der Waals surface area contributed by atoms with Crippen LogP contribution in [0.15, 0.2) is 12.7 Å². The van der Waals surface area contributed by atoms with Crippen LogP contribution in [0.1, 0.15) is 0 Å². The van der Waals surface area contributed by atoms with Crippen molar-refractivity contribution < 1.29 is 19.8 Å². The van der Waals surface area contributed by atoms with E-state index >= 15 is 0 Å². The summed E-state index contributed by atoms with van der Waals surface area (Å²) in [4.78, 5) is 24.0. The van der Waals surface area contributed by atoms with Crippen molar-refractivity contribution in [1.29, 1.82) is 0 Å². The van der Waals surface area contributed by atoms with Gasteiger partial charge in [0.1, 0.15) is 0 Å². The zero-order valence-electron chi connectivity index (χ0n) is 9.69. The standard InChI is InChI=1S/C10H19N3O4/c1-2-3-11-10(17)12-9(16)8-13(4-6-14)5-7-15/h2,14-15H,1,3-8H2,(H2,11,12,16,17). The third-order valence-electron chi connectivity index (χ3n) is 1.86. The van der Waals surface area contributed by atoms with Crippen LogP contribution < -0.4 is 10.6 Å². The molecule has 0 radical (unpaired) electrons. The monoisotopic (exact) mass is 245 g/mol. The molecule has 17 heavy (non-hydrogen) atoms. The Morgan fingerprint density at radius 3 is 2.29 bits per heavy atom. The average Bonchev–Trinajstić information content (AvgIpc) is 2.26. The van der Waals surface area contributed by atoms with Crippen LogP contribution in [0.3, 0.4) is 0 Å². The minimum Gasteiger partial charge on any atom is -0.395 e. The molecule has 4 N–H and O–H groups in total. The Labute approximate surface area is 100 Å². The van der Waals surface area contributed by atoms with Gasteiger partial charge in [0.05, 0.1) is 19.8 Å². The van der Waals surface area contributed by atoms with E-state index in [2.05, 4.69) is 17.2 Å². The van der Waals surface area contributed by atoms with Crippen molar-refractivity contribution in [2.45, 2.75) is 0 Å². The molecule has 7 heteroatoms. The molecule has 0 aromatic rings. The van der Waals surface area contributed by atoms with Crippen LogP contribution in [0.25, 0.3) is 0 Å². The molecular weight excluding hydrogens is 226 g/mol. The number of aliphatic hydroxyl groups is 2. The number of aliphatic hydroxyl groups excluding tert-OH is 2. The molecule has 0 spiro atoms. The molecule has 0 bridgehead atoms. The molecule has 0 aliphatic carbocycles. The van der Waals surface area contributed by atoms with Gasteiger partial charge in [0.15, 0.2) is 0 Å². The van der Waals surface area contributed by atoms with Crippen LogP contribution in [0, 0.1) is 0 Å². The van der Waals surface area contributed by atoms with Crippen LogP contribution in [0.2, 0.25) is 0 Å². The van der Waals surface area contributed by atoms with Gasteiger partial charge in [-0.05, 0) is 0 Å². The van der Waals surface area contributed by atoms with Crippen LogP contribution in [0.4, 0.5) is 4.79 Å². The van der Waals surface area contributed by atoms with Gasteiger partial charge in [-0.25, -0.2) is 4.79 Å². The molecule has 0 aliphatic rings. The molecule has 0 saturated heterocycles. The lowest BCUT2D eigenvalue weighted by molar-refractivity contribution is -0.121. The first-order chi connectivity index (χ1) is 8.13. The lowest BCUT2D eigenvalue weighted by Crippen LogP contribution is -2.45. The Kier molecular flexibility index (Phi) is 8.94. The lowest BCUT2D eigenvalue weighted by atomic mass is 10.4. The lowest BCUT2D eigenvalue weighted by Gasteiger charge is -2.18. The van der Waals surface area contributed by atoms with Gasteiger partial charge in [-0.3, -0.25) is 15.0 Å². The fourth-order valence-corrected chi connectivity index (χ4v) is 1.13. The van der Waals surface area contributed by atoms with Crippen molar-refractivity contribution in [3.63, 3.8) is 0 Å². The molecule has 0 rings (SSSR count). The molecule has 0 aliphatic heterocycles. The highest BCUT2D eigenvalue weighted by Gasteiger charge is 2.11. The molecule has 98 valence electrons. The summed E-state index contributed by atoms with van der Waals surface area (Å²) >= 11 is 0. The minimum atomic E-state index is -0.595. The summed E-state index contributed by atoms with van der Waals surface area (Å²) in [6, 6.07) is -0.595. The summed E-state index contributed by atoms with van der Waals surface area (Å²) in [7, 11) is 0. The van der Waals surface area contributed by atoms with Gasteiger partial charge in [0, 0.05) is 19.6 Å².